The maximum atomic E-state index is 2.41. The van der Waals surface area contributed by atoms with E-state index < -0.39 is 0 Å². The van der Waals surface area contributed by atoms with Crippen molar-refractivity contribution in [2.45, 2.75) is 0 Å². The Balaban J connectivity index is 1.06. The van der Waals surface area contributed by atoms with E-state index in [0.717, 1.165) is 0 Å². The predicted molar refractivity (Wildman–Crippen MR) is 215 cm³/mol. The zero-order chi connectivity index (χ0) is 32.8. The Morgan fingerprint density at radius 2 is 0.740 bits per heavy atom. The lowest BCUT2D eigenvalue weighted by atomic mass is 9.88. The highest BCUT2D eigenvalue weighted by atomic mass is 14.3. The third-order valence-corrected chi connectivity index (χ3v) is 11.0. The van der Waals surface area contributed by atoms with Crippen LogP contribution in [0.2, 0.25) is 0 Å². The highest BCUT2D eigenvalue weighted by Gasteiger charge is 2.23. The molecule has 0 heterocycles. The van der Waals surface area contributed by atoms with E-state index >= 15 is 0 Å². The third kappa shape index (κ3) is 4.00. The maximum Gasteiger partial charge on any atom is -0.00201 e. The van der Waals surface area contributed by atoms with E-state index in [4.69, 9.17) is 0 Å². The first kappa shape index (κ1) is 27.5. The second kappa shape index (κ2) is 10.5. The first-order valence-electron chi connectivity index (χ1n) is 17.4. The zero-order valence-corrected chi connectivity index (χ0v) is 27.3. The Morgan fingerprint density at radius 1 is 0.200 bits per heavy atom. The average Bonchev–Trinajstić information content (AvgIpc) is 3.52. The first-order valence-corrected chi connectivity index (χ1v) is 17.4. The van der Waals surface area contributed by atoms with Gasteiger partial charge in [0.25, 0.3) is 0 Å². The van der Waals surface area contributed by atoms with Crippen molar-refractivity contribution in [1.82, 2.24) is 0 Å². The Labute approximate surface area is 290 Å². The molecule has 11 rings (SSSR count). The van der Waals surface area contributed by atoms with E-state index in [2.05, 4.69) is 182 Å². The van der Waals surface area contributed by atoms with Crippen LogP contribution in [-0.2, 0) is 0 Å². The number of hydrogen-bond donors (Lipinski definition) is 0. The number of benzene rings is 10. The van der Waals surface area contributed by atoms with Crippen molar-refractivity contribution < 1.29 is 0 Å². The van der Waals surface area contributed by atoms with E-state index in [0.29, 0.717) is 0 Å². The molecule has 0 fully saturated rings. The highest BCUT2D eigenvalue weighted by Crippen LogP contribution is 2.50. The summed E-state index contributed by atoms with van der Waals surface area (Å²) in [6.45, 7) is 0. The molecule has 230 valence electrons. The quantitative estimate of drug-likeness (QED) is 0.170. The van der Waals surface area contributed by atoms with E-state index in [9.17, 15) is 0 Å². The van der Waals surface area contributed by atoms with Crippen LogP contribution in [-0.4, -0.2) is 0 Å². The Hall–Kier alpha value is -6.50. The van der Waals surface area contributed by atoms with Crippen LogP contribution in [0.5, 0.6) is 0 Å². The fourth-order valence-electron chi connectivity index (χ4n) is 8.63. The van der Waals surface area contributed by atoms with Crippen LogP contribution < -0.4 is 0 Å². The molecule has 0 heteroatoms. The van der Waals surface area contributed by atoms with Gasteiger partial charge in [-0.2, -0.15) is 0 Å². The molecule has 0 nitrogen and oxygen atoms in total. The minimum atomic E-state index is 1.23. The molecule has 1 aliphatic carbocycles. The second-order valence-electron chi connectivity index (χ2n) is 13.6. The van der Waals surface area contributed by atoms with Gasteiger partial charge in [0.2, 0.25) is 0 Å². The summed E-state index contributed by atoms with van der Waals surface area (Å²) in [7, 11) is 0. The van der Waals surface area contributed by atoms with Gasteiger partial charge in [-0.25, -0.2) is 0 Å². The van der Waals surface area contributed by atoms with Crippen LogP contribution in [0.25, 0.3) is 109 Å². The van der Waals surface area contributed by atoms with E-state index in [1.165, 1.54) is 109 Å². The highest BCUT2D eigenvalue weighted by molar-refractivity contribution is 6.20. The molecule has 0 amide bonds. The lowest BCUT2D eigenvalue weighted by Gasteiger charge is -2.15. The molecular weight excluding hydrogens is 601 g/mol. The predicted octanol–water partition coefficient (Wildman–Crippen LogP) is 14.1. The maximum absolute atomic E-state index is 2.41. The van der Waals surface area contributed by atoms with Crippen molar-refractivity contribution in [2.24, 2.45) is 0 Å². The Bertz CT molecular complexity index is 3000. The van der Waals surface area contributed by atoms with Gasteiger partial charge in [-0.3, -0.25) is 0 Å². The van der Waals surface area contributed by atoms with Crippen molar-refractivity contribution in [1.29, 1.82) is 0 Å². The largest absolute Gasteiger partial charge is 0.0616 e. The van der Waals surface area contributed by atoms with Crippen LogP contribution in [0.15, 0.2) is 182 Å². The fraction of sp³-hybridized carbons (Fsp3) is 0. The second-order valence-corrected chi connectivity index (χ2v) is 13.6. The van der Waals surface area contributed by atoms with Crippen LogP contribution in [0.4, 0.5) is 0 Å². The molecule has 50 heavy (non-hydrogen) atoms. The summed E-state index contributed by atoms with van der Waals surface area (Å²) < 4.78 is 0. The summed E-state index contributed by atoms with van der Waals surface area (Å²) in [5, 5.41) is 12.9. The van der Waals surface area contributed by atoms with Gasteiger partial charge in [-0.15, -0.1) is 0 Å². The molecule has 0 atom stereocenters. The first-order chi connectivity index (χ1) is 24.8. The fourth-order valence-corrected chi connectivity index (χ4v) is 8.63. The van der Waals surface area contributed by atoms with E-state index in [1.54, 1.807) is 0 Å². The molecule has 1 aliphatic rings. The minimum Gasteiger partial charge on any atom is -0.0616 e. The normalized spacial score (nSPS) is 12.0. The van der Waals surface area contributed by atoms with Gasteiger partial charge in [0.1, 0.15) is 0 Å². The number of fused-ring (bicyclic) bond motifs is 8. The molecule has 0 aromatic heterocycles. The van der Waals surface area contributed by atoms with Crippen LogP contribution >= 0.6 is 0 Å². The molecule has 10 aromatic rings. The smallest absolute Gasteiger partial charge is 0.00201 e. The topological polar surface area (TPSA) is 0 Å². The van der Waals surface area contributed by atoms with Gasteiger partial charge in [-0.1, -0.05) is 152 Å². The third-order valence-electron chi connectivity index (χ3n) is 11.0. The summed E-state index contributed by atoms with van der Waals surface area (Å²) in [6.07, 6.45) is 0. The molecule has 0 saturated carbocycles. The molecule has 0 spiro atoms. The lowest BCUT2D eigenvalue weighted by molar-refractivity contribution is 1.65. The molecule has 0 unspecified atom stereocenters. The van der Waals surface area contributed by atoms with Crippen molar-refractivity contribution in [3.63, 3.8) is 0 Å². The minimum absolute atomic E-state index is 1.23. The van der Waals surface area contributed by atoms with E-state index in [-0.39, 0.29) is 0 Å². The molecule has 0 saturated heterocycles. The molecule has 0 radical (unpaired) electrons. The van der Waals surface area contributed by atoms with Gasteiger partial charge < -0.3 is 0 Å². The Morgan fingerprint density at radius 3 is 1.54 bits per heavy atom. The van der Waals surface area contributed by atoms with E-state index in [1.807, 2.05) is 0 Å². The zero-order valence-electron chi connectivity index (χ0n) is 27.3. The van der Waals surface area contributed by atoms with Crippen LogP contribution in [0.3, 0.4) is 0 Å². The monoisotopic (exact) mass is 630 g/mol. The van der Waals surface area contributed by atoms with Crippen molar-refractivity contribution in [2.75, 3.05) is 0 Å². The van der Waals surface area contributed by atoms with Gasteiger partial charge in [0.05, 0.1) is 0 Å². The standard InChI is InChI=1S/C50H30/c1-4-13-39-34(10-1)28-37(30-49(39)44-24-25-47-42-16-7-6-15-41(42)45-18-9-19-46(44)50(45)47)33-21-20-32-27-36(23-22-31(32)26-33)48-29-35-11-2-3-12-38(35)40-14-5-8-17-43(40)48/h1-30H. The number of rotatable bonds is 3. The molecule has 0 bridgehead atoms. The SMILES string of the molecule is c1ccc2c(c1)-c1cccc3c(-c4cc(-c5ccc6cc(-c7cc8ccccc8c8ccccc78)ccc6c5)cc5ccccc45)ccc-2c13. The van der Waals surface area contributed by atoms with Crippen LogP contribution in [0, 0.1) is 0 Å². The summed E-state index contributed by atoms with van der Waals surface area (Å²) >= 11 is 0. The summed E-state index contributed by atoms with van der Waals surface area (Å²) in [6, 6.07) is 67.6. The number of hydrogen-bond acceptors (Lipinski definition) is 0. The van der Waals surface area contributed by atoms with Crippen molar-refractivity contribution in [3.8, 4) is 55.6 Å². The average molecular weight is 631 g/mol. The van der Waals surface area contributed by atoms with Crippen molar-refractivity contribution in [3.05, 3.63) is 182 Å². The van der Waals surface area contributed by atoms with Gasteiger partial charge in [0.15, 0.2) is 0 Å². The van der Waals surface area contributed by atoms with Gasteiger partial charge >= 0.3 is 0 Å². The summed E-state index contributed by atoms with van der Waals surface area (Å²) in [4.78, 5) is 0. The summed E-state index contributed by atoms with van der Waals surface area (Å²) in [5.41, 5.74) is 12.9. The molecule has 10 aromatic carbocycles. The van der Waals surface area contributed by atoms with Gasteiger partial charge in [0, 0.05) is 0 Å². The van der Waals surface area contributed by atoms with Crippen LogP contribution in [0.1, 0.15) is 0 Å². The molecular formula is C50H30. The van der Waals surface area contributed by atoms with Gasteiger partial charge in [-0.05, 0) is 140 Å². The lowest BCUT2D eigenvalue weighted by Crippen LogP contribution is -1.88. The summed E-state index contributed by atoms with van der Waals surface area (Å²) in [5.74, 6) is 0. The molecule has 0 aliphatic heterocycles. The Kier molecular flexibility index (Phi) is 5.76. The van der Waals surface area contributed by atoms with Crippen molar-refractivity contribution >= 4 is 53.9 Å². The molecule has 0 N–H and O–H groups in total.